The third-order valence-corrected chi connectivity index (χ3v) is 12.4. The molecule has 5 heteroatoms. The number of anilines is 2. The number of ether oxygens (including phenoxy) is 1. The van der Waals surface area contributed by atoms with Crippen molar-refractivity contribution >= 4 is 67.7 Å². The van der Waals surface area contributed by atoms with Crippen molar-refractivity contribution in [2.75, 3.05) is 11.1 Å². The molecule has 4 aromatic carbocycles. The summed E-state index contributed by atoms with van der Waals surface area (Å²) in [6.07, 6.45) is 0. The van der Waals surface area contributed by atoms with E-state index in [1.165, 1.54) is 23.1 Å². The smallest absolute Gasteiger partial charge is 0.256 e. The standard InChI is InChI=1S/C43H48BNOS2/c1-23-13-31-37-33(14-23)46-32-21-34-24(18-35(48-34)42(8,9)10)17-29(32)44(37)30-20-28-39(47-22-43(28,11)12)36(38(30)45-31)25-15-26(40(2,3)4)19-27(16-25)41(5,6)7/h13-21,45H,22H2,1-12H3/i1D3,13D,14D,15D,16D,17D,18D,19D,20D,21D. The first-order valence-corrected chi connectivity index (χ1v) is 18.3. The molecule has 0 saturated carbocycles. The van der Waals surface area contributed by atoms with E-state index in [1.54, 1.807) is 0 Å². The van der Waals surface area contributed by atoms with Gasteiger partial charge in [-0.1, -0.05) is 106 Å². The lowest BCUT2D eigenvalue weighted by atomic mass is 9.34. The number of thiophene rings is 1. The van der Waals surface area contributed by atoms with Gasteiger partial charge in [0.25, 0.3) is 6.71 Å². The molecule has 3 aliphatic rings. The minimum Gasteiger partial charge on any atom is -0.458 e. The Hall–Kier alpha value is -3.15. The number of benzene rings is 4. The van der Waals surface area contributed by atoms with Crippen LogP contribution in [0.3, 0.4) is 0 Å². The molecule has 0 radical (unpaired) electrons. The van der Waals surface area contributed by atoms with Crippen molar-refractivity contribution in [1.82, 2.24) is 0 Å². The Morgan fingerprint density at radius 3 is 2.17 bits per heavy atom. The fourth-order valence-corrected chi connectivity index (χ4v) is 9.13. The zero-order valence-corrected chi connectivity index (χ0v) is 31.1. The highest BCUT2D eigenvalue weighted by Crippen LogP contribution is 2.52. The summed E-state index contributed by atoms with van der Waals surface area (Å²) in [5.74, 6) is 0.295. The van der Waals surface area contributed by atoms with Gasteiger partial charge < -0.3 is 10.1 Å². The summed E-state index contributed by atoms with van der Waals surface area (Å²) >= 11 is 2.73. The van der Waals surface area contributed by atoms with Gasteiger partial charge in [0.15, 0.2) is 0 Å². The minimum absolute atomic E-state index is 0.00165. The van der Waals surface area contributed by atoms with E-state index in [4.69, 9.17) is 8.85 Å². The van der Waals surface area contributed by atoms with Crippen LogP contribution in [0.5, 0.6) is 11.5 Å². The SMILES string of the molecule is [2H]c1c2c3c(c([2H])c1C([2H])([2H])[2H])Oc1c(c([2H])c4c([2H])c(C(C)(C)C)sc4c1[2H])B3c1c([2H])c3c(c(-c4c([2H])c(C(C)(C)C)c([2H])c(C(C)(C)C)c4[2H])c1N2)SCC3(C)C. The van der Waals surface area contributed by atoms with Crippen LogP contribution in [-0.4, -0.2) is 12.5 Å². The second kappa shape index (κ2) is 10.2. The summed E-state index contributed by atoms with van der Waals surface area (Å²) in [7, 11) is 0. The van der Waals surface area contributed by atoms with Gasteiger partial charge in [0, 0.05) is 46.7 Å². The molecular weight excluding hydrogens is 621 g/mol. The van der Waals surface area contributed by atoms with Gasteiger partial charge in [0.1, 0.15) is 11.5 Å². The highest BCUT2D eigenvalue weighted by molar-refractivity contribution is 7.99. The lowest BCUT2D eigenvalue weighted by Crippen LogP contribution is -2.58. The zero-order valence-electron chi connectivity index (χ0n) is 41.5. The third kappa shape index (κ3) is 4.97. The number of thioether (sulfide) groups is 1. The molecule has 4 heterocycles. The molecule has 0 unspecified atom stereocenters. The summed E-state index contributed by atoms with van der Waals surface area (Å²) in [5, 5.41) is 3.63. The highest BCUT2D eigenvalue weighted by atomic mass is 32.2. The number of hydrogen-bond acceptors (Lipinski definition) is 4. The summed E-state index contributed by atoms with van der Waals surface area (Å²) in [4.78, 5) is 1.33. The molecule has 5 aromatic rings. The van der Waals surface area contributed by atoms with Crippen LogP contribution in [0.25, 0.3) is 21.2 Å². The van der Waals surface area contributed by atoms with E-state index in [9.17, 15) is 12.3 Å². The van der Waals surface area contributed by atoms with Gasteiger partial charge >= 0.3 is 0 Å². The second-order valence-electron chi connectivity index (χ2n) is 17.1. The largest absolute Gasteiger partial charge is 0.458 e. The van der Waals surface area contributed by atoms with Crippen molar-refractivity contribution in [3.05, 3.63) is 81.5 Å². The fourth-order valence-electron chi connectivity index (χ4n) is 6.65. The Kier molecular flexibility index (Phi) is 4.50. The molecule has 0 aliphatic carbocycles. The molecule has 0 atom stereocenters. The maximum absolute atomic E-state index is 10.2. The van der Waals surface area contributed by atoms with Crippen molar-refractivity contribution in [3.8, 4) is 22.6 Å². The molecule has 0 spiro atoms. The maximum Gasteiger partial charge on any atom is 0.256 e. The van der Waals surface area contributed by atoms with Gasteiger partial charge in [-0.05, 0) is 96.9 Å². The van der Waals surface area contributed by atoms with Crippen LogP contribution < -0.4 is 26.4 Å². The van der Waals surface area contributed by atoms with Crippen molar-refractivity contribution < 1.29 is 21.2 Å². The van der Waals surface area contributed by atoms with Crippen molar-refractivity contribution in [2.24, 2.45) is 0 Å². The first-order chi connectivity index (χ1) is 27.4. The summed E-state index contributed by atoms with van der Waals surface area (Å²) in [6, 6.07) is -0.942. The van der Waals surface area contributed by atoms with Crippen LogP contribution in [0.4, 0.5) is 11.4 Å². The summed E-state index contributed by atoms with van der Waals surface area (Å²) in [5.41, 5.74) is 0.117. The van der Waals surface area contributed by atoms with Crippen LogP contribution in [0, 0.1) is 6.85 Å². The van der Waals surface area contributed by atoms with Crippen LogP contribution >= 0.6 is 23.1 Å². The molecule has 0 fully saturated rings. The van der Waals surface area contributed by atoms with Gasteiger partial charge in [-0.3, -0.25) is 0 Å². The Morgan fingerprint density at radius 1 is 0.812 bits per heavy atom. The van der Waals surface area contributed by atoms with E-state index in [1.807, 2.05) is 76.2 Å². The molecule has 1 N–H and O–H groups in total. The molecule has 0 saturated heterocycles. The predicted octanol–water partition coefficient (Wildman–Crippen LogP) is 10.8. The van der Waals surface area contributed by atoms with Crippen molar-refractivity contribution in [2.45, 2.75) is 110 Å². The quantitative estimate of drug-likeness (QED) is 0.174. The van der Waals surface area contributed by atoms with Crippen LogP contribution in [0.15, 0.2) is 59.3 Å². The van der Waals surface area contributed by atoms with Gasteiger partial charge in [0.05, 0.1) is 12.3 Å². The summed E-state index contributed by atoms with van der Waals surface area (Å²) < 4.78 is 119. The molecular formula is C43H48BNOS2. The lowest BCUT2D eigenvalue weighted by Gasteiger charge is -2.37. The average Bonchev–Trinajstić information content (AvgIpc) is 3.61. The molecule has 2 nitrogen and oxygen atoms in total. The molecule has 48 heavy (non-hydrogen) atoms. The topological polar surface area (TPSA) is 21.3 Å². The molecule has 3 aliphatic heterocycles. The highest BCUT2D eigenvalue weighted by Gasteiger charge is 2.44. The van der Waals surface area contributed by atoms with Crippen molar-refractivity contribution in [3.63, 3.8) is 0 Å². The monoisotopic (exact) mass is 681 g/mol. The number of rotatable bonds is 1. The maximum atomic E-state index is 10.2. The van der Waals surface area contributed by atoms with E-state index in [0.29, 0.717) is 47.9 Å². The van der Waals surface area contributed by atoms with Gasteiger partial charge in [-0.2, -0.15) is 0 Å². The minimum atomic E-state index is -2.93. The molecule has 8 rings (SSSR count). The van der Waals surface area contributed by atoms with Crippen molar-refractivity contribution in [1.29, 1.82) is 0 Å². The van der Waals surface area contributed by atoms with E-state index in [0.717, 1.165) is 0 Å². The molecule has 1 aromatic heterocycles. The number of nitrogens with one attached hydrogen (secondary N) is 1. The lowest BCUT2D eigenvalue weighted by molar-refractivity contribution is 0.488. The Balaban J connectivity index is 1.64. The van der Waals surface area contributed by atoms with E-state index < -0.39 is 52.9 Å². The van der Waals surface area contributed by atoms with Gasteiger partial charge in [-0.25, -0.2) is 0 Å². The van der Waals surface area contributed by atoms with Crippen LogP contribution in [0.2, 0.25) is 0 Å². The van der Waals surface area contributed by atoms with Gasteiger partial charge in [0.2, 0.25) is 0 Å². The average molecular weight is 682 g/mol. The number of hydrogen-bond donors (Lipinski definition) is 1. The Bertz CT molecular complexity index is 2750. The van der Waals surface area contributed by atoms with E-state index in [-0.39, 0.29) is 87.0 Å². The normalized spacial score (nSPS) is 20.0. The van der Waals surface area contributed by atoms with E-state index in [2.05, 4.69) is 5.32 Å². The molecule has 0 bridgehead atoms. The molecule has 246 valence electrons. The van der Waals surface area contributed by atoms with Crippen LogP contribution in [-0.2, 0) is 21.7 Å². The number of fused-ring (bicyclic) bond motifs is 6. The first-order valence-electron chi connectivity index (χ1n) is 22.5. The van der Waals surface area contributed by atoms with E-state index >= 15 is 0 Å². The summed E-state index contributed by atoms with van der Waals surface area (Å²) in [6.45, 7) is 17.5. The second-order valence-corrected chi connectivity index (χ2v) is 19.1. The Morgan fingerprint density at radius 2 is 1.52 bits per heavy atom. The van der Waals surface area contributed by atoms with Crippen LogP contribution in [0.1, 0.15) is 120 Å². The third-order valence-electron chi connectivity index (χ3n) is 9.39. The zero-order chi connectivity index (χ0) is 44.6. The molecule has 0 amide bonds. The Labute approximate surface area is 313 Å². The predicted molar refractivity (Wildman–Crippen MR) is 213 cm³/mol. The fraction of sp³-hybridized carbons (Fsp3) is 0.395. The van der Waals surface area contributed by atoms with Gasteiger partial charge in [-0.15, -0.1) is 23.1 Å². The first kappa shape index (κ1) is 21.2.